The Labute approximate surface area is 287 Å². The van der Waals surface area contributed by atoms with E-state index < -0.39 is 36.3 Å². The van der Waals surface area contributed by atoms with E-state index in [-0.39, 0.29) is 28.6 Å². The van der Waals surface area contributed by atoms with Gasteiger partial charge in [0.25, 0.3) is 5.82 Å². The van der Waals surface area contributed by atoms with Crippen molar-refractivity contribution in [3.8, 4) is 10.6 Å². The molecule has 0 radical (unpaired) electrons. The first kappa shape index (κ1) is 42.9. The predicted molar refractivity (Wildman–Crippen MR) is 160 cm³/mol. The van der Waals surface area contributed by atoms with Crippen molar-refractivity contribution in [3.63, 3.8) is 0 Å². The van der Waals surface area contributed by atoms with Crippen LogP contribution in [0.25, 0.3) is 15.5 Å². The molecule has 3 aromatic heterocycles. The number of aryl methyl sites for hydroxylation is 1. The van der Waals surface area contributed by atoms with Crippen LogP contribution in [0.3, 0.4) is 0 Å². The smallest absolute Gasteiger partial charge is 0.475 e. The van der Waals surface area contributed by atoms with Gasteiger partial charge in [-0.1, -0.05) is 24.2 Å². The van der Waals surface area contributed by atoms with Gasteiger partial charge in [0.1, 0.15) is 11.6 Å². The number of aromatic amines is 1. The van der Waals surface area contributed by atoms with Gasteiger partial charge in [-0.2, -0.15) is 44.5 Å². The summed E-state index contributed by atoms with van der Waals surface area (Å²) in [5.74, 6) is -5.96. The molecule has 0 aliphatic carbocycles. The number of hydrogen-bond acceptors (Lipinski definition) is 9. The van der Waals surface area contributed by atoms with E-state index in [1.165, 1.54) is 4.52 Å². The molecule has 0 spiro atoms. The summed E-state index contributed by atoms with van der Waals surface area (Å²) in [7, 11) is 2.05. The number of fused-ring (bicyclic) bond motifs is 1. The SMILES string of the molecule is CC(=O)CCCCC[C@H](NC(=O)C1CCN(C)CC1)c1ncc(-c2sc3nc(C(F)(F)F)nn3c2C)[nH]1.O=C(O)C(F)(F)F.O=C(O)C(F)(F)F. The number of amides is 1. The zero-order chi connectivity index (χ0) is 38.9. The number of H-pyrrole nitrogens is 1. The van der Waals surface area contributed by atoms with Crippen molar-refractivity contribution in [2.24, 2.45) is 5.92 Å². The zero-order valence-corrected chi connectivity index (χ0v) is 28.0. The van der Waals surface area contributed by atoms with Crippen LogP contribution in [-0.4, -0.2) is 95.8 Å². The number of aromatic nitrogens is 5. The number of hydrogen-bond donors (Lipinski definition) is 4. The van der Waals surface area contributed by atoms with Crippen LogP contribution in [0.4, 0.5) is 39.5 Å². The number of likely N-dealkylation sites (tertiary alicyclic amines) is 1. The summed E-state index contributed by atoms with van der Waals surface area (Å²) < 4.78 is 104. The van der Waals surface area contributed by atoms with E-state index in [4.69, 9.17) is 19.8 Å². The lowest BCUT2D eigenvalue weighted by Crippen LogP contribution is -2.40. The van der Waals surface area contributed by atoms with Crippen molar-refractivity contribution in [1.82, 2.24) is 34.8 Å². The second-order valence-corrected chi connectivity index (χ2v) is 12.3. The highest BCUT2D eigenvalue weighted by Gasteiger charge is 2.39. The van der Waals surface area contributed by atoms with Crippen LogP contribution in [0.1, 0.15) is 75.3 Å². The van der Waals surface area contributed by atoms with Gasteiger partial charge in [-0.05, 0) is 59.7 Å². The van der Waals surface area contributed by atoms with Crippen molar-refractivity contribution < 1.29 is 68.9 Å². The van der Waals surface area contributed by atoms with E-state index in [1.807, 2.05) is 7.05 Å². The Morgan fingerprint density at radius 3 is 2.00 bits per heavy atom. The van der Waals surface area contributed by atoms with Crippen LogP contribution in [0.2, 0.25) is 0 Å². The number of rotatable bonds is 10. The van der Waals surface area contributed by atoms with E-state index >= 15 is 0 Å². The first-order valence-electron chi connectivity index (χ1n) is 15.0. The summed E-state index contributed by atoms with van der Waals surface area (Å²) in [5.41, 5.74) is 1.16. The molecular weight excluding hydrogens is 733 g/mol. The number of Topliss-reactive ketones (excluding diaryl/α,β-unsaturated/α-hetero) is 1. The van der Waals surface area contributed by atoms with E-state index in [0.717, 1.165) is 56.5 Å². The highest BCUT2D eigenvalue weighted by atomic mass is 32.1. The Bertz CT molecular complexity index is 1620. The molecule has 13 nitrogen and oxygen atoms in total. The summed E-state index contributed by atoms with van der Waals surface area (Å²) in [6, 6.07) is -0.336. The number of piperidine rings is 1. The fraction of sp³-hybridized carbons (Fsp3) is 0.607. The van der Waals surface area contributed by atoms with Gasteiger partial charge in [-0.3, -0.25) is 4.79 Å². The molecule has 51 heavy (non-hydrogen) atoms. The second kappa shape index (κ2) is 17.8. The summed E-state index contributed by atoms with van der Waals surface area (Å²) in [4.78, 5) is 56.6. The number of carboxylic acids is 2. The molecule has 0 aromatic carbocycles. The molecule has 1 saturated heterocycles. The number of nitrogens with one attached hydrogen (secondary N) is 2. The number of halogens is 9. The van der Waals surface area contributed by atoms with Crippen molar-refractivity contribution in [3.05, 3.63) is 23.5 Å². The van der Waals surface area contributed by atoms with Gasteiger partial charge in [0.2, 0.25) is 10.9 Å². The van der Waals surface area contributed by atoms with E-state index in [0.29, 0.717) is 34.9 Å². The standard InChI is InChI=1S/C24H32F3N7O2S.2C2HF3O2/c1-14(35)7-5-4-6-8-17(30-21(36)16-9-11-33(3)12-10-16)20-28-13-18(29-20)19-15(2)34-23(37-19)31-22(32-34)24(25,26)27;2*3-2(4,5)1(6)7/h13,16-17H,4-12H2,1-3H3,(H,28,29)(H,30,36);2*(H,6,7)/t17-;;/m0../s1. The van der Waals surface area contributed by atoms with E-state index in [1.54, 1.807) is 20.0 Å². The number of alkyl halides is 9. The average molecular weight is 768 g/mol. The molecule has 0 saturated carbocycles. The summed E-state index contributed by atoms with van der Waals surface area (Å²) in [6.45, 7) is 5.02. The Hall–Kier alpha value is -4.28. The highest BCUT2D eigenvalue weighted by molar-refractivity contribution is 7.20. The number of aliphatic carboxylic acids is 2. The van der Waals surface area contributed by atoms with Crippen LogP contribution >= 0.6 is 11.3 Å². The van der Waals surface area contributed by atoms with Gasteiger partial charge in [0.15, 0.2) is 0 Å². The molecule has 286 valence electrons. The molecule has 1 amide bonds. The molecule has 0 bridgehead atoms. The van der Waals surface area contributed by atoms with Gasteiger partial charge in [-0.25, -0.2) is 19.1 Å². The van der Waals surface area contributed by atoms with E-state index in [2.05, 4.69) is 30.3 Å². The van der Waals surface area contributed by atoms with Gasteiger partial charge in [0.05, 0.1) is 28.5 Å². The van der Waals surface area contributed by atoms with Crippen molar-refractivity contribution in [1.29, 1.82) is 0 Å². The quantitative estimate of drug-likeness (QED) is 0.145. The Morgan fingerprint density at radius 2 is 1.53 bits per heavy atom. The number of thiazole rings is 1. The molecule has 1 aliphatic heterocycles. The number of carboxylic acid groups (broad SMARTS) is 2. The van der Waals surface area contributed by atoms with Crippen molar-refractivity contribution >= 4 is 39.9 Å². The fourth-order valence-corrected chi connectivity index (χ4v) is 5.61. The largest absolute Gasteiger partial charge is 0.490 e. The summed E-state index contributed by atoms with van der Waals surface area (Å²) in [6.07, 6.45) is -7.86. The number of carbonyl (C=O) groups excluding carboxylic acids is 2. The number of imidazole rings is 1. The van der Waals surface area contributed by atoms with Crippen molar-refractivity contribution in [2.75, 3.05) is 20.1 Å². The minimum Gasteiger partial charge on any atom is -0.475 e. The minimum atomic E-state index is -5.08. The monoisotopic (exact) mass is 767 g/mol. The molecule has 4 rings (SSSR count). The summed E-state index contributed by atoms with van der Waals surface area (Å²) in [5, 5.41) is 21.0. The molecule has 23 heteroatoms. The predicted octanol–water partition coefficient (Wildman–Crippen LogP) is 5.81. The lowest BCUT2D eigenvalue weighted by molar-refractivity contribution is -0.193. The number of carbonyl (C=O) groups is 4. The number of ketones is 1. The molecule has 1 atom stereocenters. The maximum atomic E-state index is 13.1. The Morgan fingerprint density at radius 1 is 0.980 bits per heavy atom. The molecule has 4 N–H and O–H groups in total. The van der Waals surface area contributed by atoms with Gasteiger partial charge in [0, 0.05) is 12.3 Å². The maximum absolute atomic E-state index is 13.1. The first-order chi connectivity index (χ1) is 23.4. The van der Waals surface area contributed by atoms with E-state index in [9.17, 15) is 49.1 Å². The number of nitrogens with zero attached hydrogens (tertiary/aromatic N) is 5. The fourth-order valence-electron chi connectivity index (χ4n) is 4.58. The van der Waals surface area contributed by atoms with Crippen LogP contribution in [0.5, 0.6) is 0 Å². The molecule has 1 fully saturated rings. The molecule has 1 aliphatic rings. The topological polar surface area (TPSA) is 183 Å². The van der Waals surface area contributed by atoms with Crippen LogP contribution in [0, 0.1) is 12.8 Å². The first-order valence-corrected chi connectivity index (χ1v) is 15.8. The zero-order valence-electron chi connectivity index (χ0n) is 27.2. The third-order valence-corrected chi connectivity index (χ3v) is 8.42. The Balaban J connectivity index is 0.000000543. The second-order valence-electron chi connectivity index (χ2n) is 11.4. The third kappa shape index (κ3) is 13.4. The lowest BCUT2D eigenvalue weighted by atomic mass is 9.95. The van der Waals surface area contributed by atoms with Gasteiger partial charge in [-0.15, -0.1) is 5.10 Å². The van der Waals surface area contributed by atoms with Crippen LogP contribution in [-0.2, 0) is 25.4 Å². The molecule has 4 heterocycles. The van der Waals surface area contributed by atoms with Crippen LogP contribution < -0.4 is 5.32 Å². The average Bonchev–Trinajstić information content (AvgIpc) is 3.72. The number of unbranched alkanes of at least 4 members (excludes halogenated alkanes) is 2. The maximum Gasteiger partial charge on any atom is 0.490 e. The molecule has 3 aromatic rings. The highest BCUT2D eigenvalue weighted by Crippen LogP contribution is 2.35. The van der Waals surface area contributed by atoms with Gasteiger partial charge >= 0.3 is 30.5 Å². The Kier molecular flexibility index (Phi) is 14.9. The van der Waals surface area contributed by atoms with Crippen LogP contribution in [0.15, 0.2) is 6.20 Å². The summed E-state index contributed by atoms with van der Waals surface area (Å²) >= 11 is 1.10. The lowest BCUT2D eigenvalue weighted by Gasteiger charge is -2.29. The normalized spacial score (nSPS) is 15.0. The molecule has 0 unspecified atom stereocenters. The minimum absolute atomic E-state index is 0.00874. The third-order valence-electron chi connectivity index (χ3n) is 7.25. The van der Waals surface area contributed by atoms with Crippen molar-refractivity contribution in [2.45, 2.75) is 83.4 Å². The molecular formula is C28H34F9N7O6S. The van der Waals surface area contributed by atoms with Gasteiger partial charge < -0.3 is 30.2 Å².